The maximum atomic E-state index is 12.5. The lowest BCUT2D eigenvalue weighted by Crippen LogP contribution is -2.56. The van der Waals surface area contributed by atoms with Crippen molar-refractivity contribution in [3.05, 3.63) is 23.3 Å². The minimum absolute atomic E-state index is 0.0316. The zero-order valence-electron chi connectivity index (χ0n) is 17.6. The van der Waals surface area contributed by atoms with Crippen molar-refractivity contribution >= 4 is 5.78 Å². The monoisotopic (exact) mass is 372 g/mol. The molecule has 3 atom stereocenters. The van der Waals surface area contributed by atoms with Crippen molar-refractivity contribution in [2.45, 2.75) is 90.9 Å². The van der Waals surface area contributed by atoms with Gasteiger partial charge in [-0.3, -0.25) is 4.79 Å². The summed E-state index contributed by atoms with van der Waals surface area (Å²) in [7, 11) is 0. The van der Waals surface area contributed by atoms with Gasteiger partial charge in [-0.1, -0.05) is 60.3 Å². The summed E-state index contributed by atoms with van der Waals surface area (Å²) in [5, 5.41) is 21.6. The molecule has 1 aromatic carbocycles. The Morgan fingerprint density at radius 3 is 2.26 bits per heavy atom. The second-order valence-electron chi connectivity index (χ2n) is 10.1. The number of hydrogen-bond donors (Lipinski definition) is 2. The van der Waals surface area contributed by atoms with E-state index in [-0.39, 0.29) is 39.9 Å². The van der Waals surface area contributed by atoms with Gasteiger partial charge in [-0.25, -0.2) is 0 Å². The number of hydrogen-bond acceptors (Lipinski definition) is 3. The summed E-state index contributed by atoms with van der Waals surface area (Å²) >= 11 is 0. The quantitative estimate of drug-likeness (QED) is 0.572. The third-order valence-corrected chi connectivity index (χ3v) is 7.58. The molecular formula is C24H36O3. The number of rotatable bonds is 7. The van der Waals surface area contributed by atoms with Crippen molar-refractivity contribution in [1.29, 1.82) is 0 Å². The number of phenolic OH excluding ortho intramolecular Hbond substituents is 2. The van der Waals surface area contributed by atoms with Crippen molar-refractivity contribution in [3.63, 3.8) is 0 Å². The topological polar surface area (TPSA) is 57.5 Å². The molecule has 3 heteroatoms. The molecule has 150 valence electrons. The predicted molar refractivity (Wildman–Crippen MR) is 109 cm³/mol. The van der Waals surface area contributed by atoms with E-state index in [0.29, 0.717) is 17.9 Å². The van der Waals surface area contributed by atoms with E-state index in [2.05, 4.69) is 34.6 Å². The Morgan fingerprint density at radius 2 is 1.74 bits per heavy atom. The first-order valence-corrected chi connectivity index (χ1v) is 10.7. The number of phenols is 2. The predicted octanol–water partition coefficient (Wildman–Crippen LogP) is 6.06. The van der Waals surface area contributed by atoms with Gasteiger partial charge in [0.15, 0.2) is 0 Å². The maximum Gasteiger partial charge on any atom is 0.137 e. The number of carbonyl (C=O) groups excluding carboxylic acids is 1. The zero-order chi connectivity index (χ0) is 20.0. The fourth-order valence-corrected chi connectivity index (χ4v) is 5.52. The van der Waals surface area contributed by atoms with Crippen LogP contribution in [0.1, 0.15) is 96.6 Å². The van der Waals surface area contributed by atoms with Gasteiger partial charge in [0.05, 0.1) is 0 Å². The fourth-order valence-electron chi connectivity index (χ4n) is 5.52. The Bertz CT molecular complexity index is 693. The highest BCUT2D eigenvalue weighted by Gasteiger charge is 2.59. The second kappa shape index (κ2) is 7.14. The Kier molecular flexibility index (Phi) is 5.35. The molecule has 0 spiro atoms. The van der Waals surface area contributed by atoms with Crippen LogP contribution in [0.5, 0.6) is 11.5 Å². The van der Waals surface area contributed by atoms with Gasteiger partial charge in [-0.05, 0) is 47.3 Å². The molecule has 27 heavy (non-hydrogen) atoms. The smallest absolute Gasteiger partial charge is 0.137 e. The normalized spacial score (nSPS) is 26.7. The molecule has 0 saturated heterocycles. The van der Waals surface area contributed by atoms with Crippen molar-refractivity contribution < 1.29 is 15.0 Å². The lowest BCUT2D eigenvalue weighted by molar-refractivity contribution is -0.151. The zero-order valence-corrected chi connectivity index (χ0v) is 17.6. The number of unbranched alkanes of at least 4 members (excludes halogenated alkanes) is 3. The number of benzene rings is 1. The number of fused-ring (bicyclic) bond motifs is 2. The van der Waals surface area contributed by atoms with E-state index in [0.717, 1.165) is 24.8 Å². The molecule has 3 nitrogen and oxygen atoms in total. The van der Waals surface area contributed by atoms with Gasteiger partial charge in [0.1, 0.15) is 17.3 Å². The van der Waals surface area contributed by atoms with E-state index in [9.17, 15) is 15.0 Å². The van der Waals surface area contributed by atoms with Gasteiger partial charge in [-0.15, -0.1) is 0 Å². The van der Waals surface area contributed by atoms with Gasteiger partial charge in [0.2, 0.25) is 0 Å². The Labute approximate surface area is 164 Å². The van der Waals surface area contributed by atoms with Gasteiger partial charge >= 0.3 is 0 Å². The number of ketones is 1. The average Bonchev–Trinajstić information content (AvgIpc) is 2.57. The molecule has 0 heterocycles. The fraction of sp³-hybridized carbons (Fsp3) is 0.708. The maximum absolute atomic E-state index is 12.5. The summed E-state index contributed by atoms with van der Waals surface area (Å²) in [5.41, 5.74) is 1.44. The third-order valence-electron chi connectivity index (χ3n) is 7.58. The number of carbonyl (C=O) groups is 1. The molecule has 0 aliphatic heterocycles. The highest BCUT2D eigenvalue weighted by molar-refractivity contribution is 5.86. The van der Waals surface area contributed by atoms with Gasteiger partial charge in [-0.2, -0.15) is 0 Å². The van der Waals surface area contributed by atoms with E-state index in [1.54, 1.807) is 0 Å². The Morgan fingerprint density at radius 1 is 1.11 bits per heavy atom. The van der Waals surface area contributed by atoms with Crippen molar-refractivity contribution in [2.24, 2.45) is 17.3 Å². The van der Waals surface area contributed by atoms with Crippen molar-refractivity contribution in [3.8, 4) is 11.5 Å². The van der Waals surface area contributed by atoms with Crippen LogP contribution < -0.4 is 0 Å². The van der Waals surface area contributed by atoms with Crippen LogP contribution in [-0.4, -0.2) is 16.0 Å². The summed E-state index contributed by atoms with van der Waals surface area (Å²) in [6, 6.07) is 3.66. The highest BCUT2D eigenvalue weighted by Crippen LogP contribution is 2.64. The SMILES string of the molecule is CCCCCCC(C)(C)c1cc(O)c([C@@H]2CC(=O)[C@@H]3C[C@H]2C3(C)C)c(O)c1. The van der Waals surface area contributed by atoms with Crippen molar-refractivity contribution in [2.75, 3.05) is 0 Å². The van der Waals surface area contributed by atoms with E-state index in [1.165, 1.54) is 19.3 Å². The minimum Gasteiger partial charge on any atom is -0.508 e. The summed E-state index contributed by atoms with van der Waals surface area (Å²) in [6.07, 6.45) is 7.20. The molecule has 3 aliphatic rings. The van der Waals surface area contributed by atoms with Crippen LogP contribution in [0.15, 0.2) is 12.1 Å². The van der Waals surface area contributed by atoms with Crippen LogP contribution in [0.3, 0.4) is 0 Å². The first-order valence-electron chi connectivity index (χ1n) is 10.7. The third kappa shape index (κ3) is 3.50. The second-order valence-corrected chi connectivity index (χ2v) is 10.1. The summed E-state index contributed by atoms with van der Waals surface area (Å²) < 4.78 is 0. The molecule has 3 saturated carbocycles. The van der Waals surface area contributed by atoms with Crippen LogP contribution in [0.4, 0.5) is 0 Å². The van der Waals surface area contributed by atoms with Crippen LogP contribution in [-0.2, 0) is 10.2 Å². The van der Waals surface area contributed by atoms with E-state index in [1.807, 2.05) is 12.1 Å². The van der Waals surface area contributed by atoms with Crippen LogP contribution in [0.2, 0.25) is 0 Å². The van der Waals surface area contributed by atoms with E-state index in [4.69, 9.17) is 0 Å². The molecule has 3 fully saturated rings. The van der Waals surface area contributed by atoms with Gasteiger partial charge in [0.25, 0.3) is 0 Å². The molecule has 2 bridgehead atoms. The lowest BCUT2D eigenvalue weighted by atomic mass is 9.44. The molecule has 0 amide bonds. The molecule has 0 radical (unpaired) electrons. The van der Waals surface area contributed by atoms with Crippen LogP contribution in [0, 0.1) is 17.3 Å². The molecule has 4 rings (SSSR count). The number of Topliss-reactive ketones (excluding diaryl/α,β-unsaturated/α-hetero) is 1. The first kappa shape index (κ1) is 20.2. The number of aromatic hydroxyl groups is 2. The lowest BCUT2D eigenvalue weighted by Gasteiger charge is -2.59. The molecule has 0 unspecified atom stereocenters. The first-order chi connectivity index (χ1) is 12.6. The van der Waals surface area contributed by atoms with E-state index >= 15 is 0 Å². The molecule has 0 aromatic heterocycles. The van der Waals surface area contributed by atoms with Crippen LogP contribution in [0.25, 0.3) is 0 Å². The summed E-state index contributed by atoms with van der Waals surface area (Å²) in [5.74, 6) is 1.04. The minimum atomic E-state index is -0.0928. The van der Waals surface area contributed by atoms with Gasteiger partial charge in [0, 0.05) is 23.8 Å². The van der Waals surface area contributed by atoms with Crippen LogP contribution >= 0.6 is 0 Å². The summed E-state index contributed by atoms with van der Waals surface area (Å²) in [4.78, 5) is 12.5. The molecule has 1 aromatic rings. The largest absolute Gasteiger partial charge is 0.508 e. The molecular weight excluding hydrogens is 336 g/mol. The molecule has 3 aliphatic carbocycles. The van der Waals surface area contributed by atoms with E-state index < -0.39 is 0 Å². The standard InChI is InChI=1S/C24H36O3/c1-6-7-8-9-10-23(2,3)15-11-20(26)22(21(27)12-15)16-13-19(25)18-14-17(16)24(18,4)5/h11-12,16-18,26-27H,6-10,13-14H2,1-5H3/t16-,17-,18+/m1/s1. The molecule has 2 N–H and O–H groups in total. The van der Waals surface area contributed by atoms with Crippen molar-refractivity contribution in [1.82, 2.24) is 0 Å². The summed E-state index contributed by atoms with van der Waals surface area (Å²) in [6.45, 7) is 10.9. The average molecular weight is 373 g/mol. The van der Waals surface area contributed by atoms with Gasteiger partial charge < -0.3 is 10.2 Å². The highest BCUT2D eigenvalue weighted by atomic mass is 16.3. The Hall–Kier alpha value is -1.51. The Balaban J connectivity index is 1.84.